The lowest BCUT2D eigenvalue weighted by molar-refractivity contribution is -0.128. The first kappa shape index (κ1) is 12.4. The Kier molecular flexibility index (Phi) is 4.07. The fraction of sp³-hybridized carbons (Fsp3) is 0.900. The zero-order chi connectivity index (χ0) is 11.5. The molecule has 0 aromatic carbocycles. The number of aliphatic hydroxyl groups is 2. The molecule has 0 radical (unpaired) electrons. The van der Waals surface area contributed by atoms with Gasteiger partial charge in [-0.2, -0.15) is 0 Å². The van der Waals surface area contributed by atoms with Crippen LogP contribution in [0.5, 0.6) is 0 Å². The van der Waals surface area contributed by atoms with Crippen LogP contribution < -0.4 is 5.32 Å². The number of carbonyl (C=O) groups is 1. The summed E-state index contributed by atoms with van der Waals surface area (Å²) in [5.41, 5.74) is -0.554. The lowest BCUT2D eigenvalue weighted by Crippen LogP contribution is -2.45. The second-order valence-electron chi connectivity index (χ2n) is 4.61. The first-order valence-corrected chi connectivity index (χ1v) is 5.22. The molecule has 3 N–H and O–H groups in total. The van der Waals surface area contributed by atoms with E-state index in [0.29, 0.717) is 6.54 Å². The van der Waals surface area contributed by atoms with E-state index in [4.69, 9.17) is 10.2 Å². The molecule has 1 atom stereocenters. The number of nitrogens with zero attached hydrogens (tertiary/aromatic N) is 1. The smallest absolute Gasteiger partial charge is 0.239 e. The molecular weight excluding hydrogens is 196 g/mol. The number of hydrogen-bond acceptors (Lipinski definition) is 4. The molecule has 0 bridgehead atoms. The Morgan fingerprint density at radius 2 is 2.13 bits per heavy atom. The van der Waals surface area contributed by atoms with Gasteiger partial charge in [0.25, 0.3) is 0 Å². The molecule has 1 rings (SSSR count). The maximum Gasteiger partial charge on any atom is 0.239 e. The van der Waals surface area contributed by atoms with Crippen molar-refractivity contribution in [3.8, 4) is 0 Å². The molecular formula is C10H20N2O3. The Morgan fingerprint density at radius 1 is 1.53 bits per heavy atom. The van der Waals surface area contributed by atoms with Gasteiger partial charge in [-0.3, -0.25) is 4.79 Å². The fourth-order valence-corrected chi connectivity index (χ4v) is 1.54. The average molecular weight is 216 g/mol. The minimum absolute atomic E-state index is 0.0900. The average Bonchev–Trinajstić information content (AvgIpc) is 2.57. The number of aliphatic hydroxyl groups excluding tert-OH is 2. The quantitative estimate of drug-likeness (QED) is 0.539. The molecule has 0 saturated carbocycles. The minimum atomic E-state index is -0.554. The Balaban J connectivity index is 2.40. The third-order valence-electron chi connectivity index (χ3n) is 2.97. The minimum Gasteiger partial charge on any atom is -0.396 e. The van der Waals surface area contributed by atoms with Gasteiger partial charge in [0.1, 0.15) is 0 Å². The Bertz CT molecular complexity index is 229. The van der Waals surface area contributed by atoms with E-state index in [-0.39, 0.29) is 25.2 Å². The van der Waals surface area contributed by atoms with Gasteiger partial charge >= 0.3 is 0 Å². The van der Waals surface area contributed by atoms with E-state index in [1.165, 1.54) is 0 Å². The second-order valence-corrected chi connectivity index (χ2v) is 4.61. The Labute approximate surface area is 90.1 Å². The van der Waals surface area contributed by atoms with Crippen LogP contribution in [0, 0.1) is 5.41 Å². The summed E-state index contributed by atoms with van der Waals surface area (Å²) in [5.74, 6) is 0.0910. The number of amides is 1. The number of likely N-dealkylation sites (N-methyl/N-ethyl adjacent to an activating group) is 1. The highest BCUT2D eigenvalue weighted by atomic mass is 16.3. The molecule has 88 valence electrons. The maximum atomic E-state index is 11.5. The van der Waals surface area contributed by atoms with Gasteiger partial charge in [0, 0.05) is 25.6 Å². The third-order valence-corrected chi connectivity index (χ3v) is 2.97. The third kappa shape index (κ3) is 2.90. The van der Waals surface area contributed by atoms with Crippen LogP contribution in [0.3, 0.4) is 0 Å². The molecule has 1 aliphatic heterocycles. The fourth-order valence-electron chi connectivity index (χ4n) is 1.54. The van der Waals surface area contributed by atoms with Crippen molar-refractivity contribution in [3.63, 3.8) is 0 Å². The van der Waals surface area contributed by atoms with Gasteiger partial charge < -0.3 is 20.4 Å². The number of nitrogens with one attached hydrogen (secondary N) is 1. The molecule has 0 aliphatic carbocycles. The van der Waals surface area contributed by atoms with Gasteiger partial charge in [0.15, 0.2) is 0 Å². The predicted molar refractivity (Wildman–Crippen MR) is 56.3 cm³/mol. The second kappa shape index (κ2) is 4.92. The molecule has 0 spiro atoms. The van der Waals surface area contributed by atoms with Crippen molar-refractivity contribution in [2.24, 2.45) is 5.41 Å². The molecule has 5 heteroatoms. The lowest BCUT2D eigenvalue weighted by atomic mass is 9.92. The highest BCUT2D eigenvalue weighted by Crippen LogP contribution is 2.15. The molecule has 0 aromatic rings. The topological polar surface area (TPSA) is 72.8 Å². The molecule has 1 saturated heterocycles. The molecule has 1 unspecified atom stereocenters. The monoisotopic (exact) mass is 216 g/mol. The summed E-state index contributed by atoms with van der Waals surface area (Å²) in [6, 6.07) is -0.160. The standard InChI is InChI=1S/C10H20N2O3/c1-10(6-13,7-14)5-11-8-3-4-12(2)9(8)15/h8,11,13-14H,3-7H2,1-2H3. The molecule has 1 heterocycles. The maximum absolute atomic E-state index is 11.5. The summed E-state index contributed by atoms with van der Waals surface area (Å²) >= 11 is 0. The van der Waals surface area contributed by atoms with Gasteiger partial charge in [-0.05, 0) is 6.42 Å². The van der Waals surface area contributed by atoms with Crippen molar-refractivity contribution >= 4 is 5.91 Å². The van der Waals surface area contributed by atoms with Crippen molar-refractivity contribution in [1.29, 1.82) is 0 Å². The van der Waals surface area contributed by atoms with E-state index < -0.39 is 5.41 Å². The lowest BCUT2D eigenvalue weighted by Gasteiger charge is -2.26. The number of hydrogen-bond donors (Lipinski definition) is 3. The van der Waals surface area contributed by atoms with E-state index in [2.05, 4.69) is 5.32 Å². The van der Waals surface area contributed by atoms with Gasteiger partial charge in [-0.15, -0.1) is 0 Å². The van der Waals surface area contributed by atoms with Crippen molar-refractivity contribution < 1.29 is 15.0 Å². The zero-order valence-corrected chi connectivity index (χ0v) is 9.36. The predicted octanol–water partition coefficient (Wildman–Crippen LogP) is -1.20. The first-order valence-electron chi connectivity index (χ1n) is 5.22. The van der Waals surface area contributed by atoms with Crippen LogP contribution in [0.15, 0.2) is 0 Å². The van der Waals surface area contributed by atoms with Crippen molar-refractivity contribution in [1.82, 2.24) is 10.2 Å². The summed E-state index contributed by atoms with van der Waals surface area (Å²) in [6.45, 7) is 2.82. The van der Waals surface area contributed by atoms with Crippen LogP contribution in [0.25, 0.3) is 0 Å². The largest absolute Gasteiger partial charge is 0.396 e. The van der Waals surface area contributed by atoms with Gasteiger partial charge in [-0.1, -0.05) is 6.92 Å². The van der Waals surface area contributed by atoms with E-state index in [1.807, 2.05) is 0 Å². The van der Waals surface area contributed by atoms with E-state index >= 15 is 0 Å². The number of carbonyl (C=O) groups excluding carboxylic acids is 1. The molecule has 1 fully saturated rings. The van der Waals surface area contributed by atoms with Gasteiger partial charge in [-0.25, -0.2) is 0 Å². The summed E-state index contributed by atoms with van der Waals surface area (Å²) in [6.07, 6.45) is 0.794. The van der Waals surface area contributed by atoms with Gasteiger partial charge in [0.2, 0.25) is 5.91 Å². The van der Waals surface area contributed by atoms with Crippen LogP contribution in [0.1, 0.15) is 13.3 Å². The molecule has 1 amide bonds. The van der Waals surface area contributed by atoms with Crippen LogP contribution in [-0.4, -0.2) is 60.4 Å². The van der Waals surface area contributed by atoms with Gasteiger partial charge in [0.05, 0.1) is 19.3 Å². The highest BCUT2D eigenvalue weighted by Gasteiger charge is 2.31. The first-order chi connectivity index (χ1) is 7.02. The van der Waals surface area contributed by atoms with Crippen molar-refractivity contribution in [2.45, 2.75) is 19.4 Å². The molecule has 5 nitrogen and oxygen atoms in total. The normalized spacial score (nSPS) is 22.5. The summed E-state index contributed by atoms with van der Waals surface area (Å²) in [7, 11) is 1.78. The number of likely N-dealkylation sites (tertiary alicyclic amines) is 1. The van der Waals surface area contributed by atoms with E-state index in [1.54, 1.807) is 18.9 Å². The number of rotatable bonds is 5. The summed E-state index contributed by atoms with van der Waals surface area (Å²) in [5, 5.41) is 21.3. The van der Waals surface area contributed by atoms with Crippen molar-refractivity contribution in [2.75, 3.05) is 33.4 Å². The highest BCUT2D eigenvalue weighted by molar-refractivity contribution is 5.83. The van der Waals surface area contributed by atoms with Crippen LogP contribution in [0.2, 0.25) is 0 Å². The van der Waals surface area contributed by atoms with Crippen molar-refractivity contribution in [3.05, 3.63) is 0 Å². The summed E-state index contributed by atoms with van der Waals surface area (Å²) < 4.78 is 0. The SMILES string of the molecule is CN1CCC(NCC(C)(CO)CO)C1=O. The zero-order valence-electron chi connectivity index (χ0n) is 9.36. The molecule has 0 aromatic heterocycles. The summed E-state index contributed by atoms with van der Waals surface area (Å²) in [4.78, 5) is 13.2. The van der Waals surface area contributed by atoms with E-state index in [9.17, 15) is 4.79 Å². The molecule has 1 aliphatic rings. The van der Waals surface area contributed by atoms with E-state index in [0.717, 1.165) is 13.0 Å². The molecule has 15 heavy (non-hydrogen) atoms. The Morgan fingerprint density at radius 3 is 2.53 bits per heavy atom. The van der Waals surface area contributed by atoms with Crippen LogP contribution >= 0.6 is 0 Å². The van der Waals surface area contributed by atoms with Crippen LogP contribution in [0.4, 0.5) is 0 Å². The Hall–Kier alpha value is -0.650. The van der Waals surface area contributed by atoms with Crippen LogP contribution in [-0.2, 0) is 4.79 Å².